The first-order valence-corrected chi connectivity index (χ1v) is 5.54. The van der Waals surface area contributed by atoms with E-state index in [4.69, 9.17) is 9.63 Å². The van der Waals surface area contributed by atoms with Crippen molar-refractivity contribution in [3.8, 4) is 11.5 Å². The van der Waals surface area contributed by atoms with Crippen LogP contribution in [-0.2, 0) is 12.6 Å². The summed E-state index contributed by atoms with van der Waals surface area (Å²) in [5.74, 6) is 0.439. The number of hydrogen-bond donors (Lipinski definition) is 1. The van der Waals surface area contributed by atoms with Crippen molar-refractivity contribution in [2.45, 2.75) is 25.6 Å². The third kappa shape index (κ3) is 3.31. The van der Waals surface area contributed by atoms with E-state index in [0.717, 1.165) is 12.1 Å². The van der Waals surface area contributed by atoms with Gasteiger partial charge in [0.05, 0.1) is 11.7 Å². The molecule has 1 N–H and O–H groups in total. The van der Waals surface area contributed by atoms with Crippen LogP contribution in [0.1, 0.15) is 18.3 Å². The van der Waals surface area contributed by atoms with Crippen LogP contribution >= 0.6 is 0 Å². The summed E-state index contributed by atoms with van der Waals surface area (Å²) < 4.78 is 42.1. The first kappa shape index (κ1) is 13.5. The van der Waals surface area contributed by atoms with Crippen molar-refractivity contribution in [3.63, 3.8) is 0 Å². The second-order valence-corrected chi connectivity index (χ2v) is 4.14. The molecule has 0 saturated carbocycles. The highest BCUT2D eigenvalue weighted by atomic mass is 19.4. The predicted octanol–water partition coefficient (Wildman–Crippen LogP) is 2.68. The smallest absolute Gasteiger partial charge is 0.393 e. The van der Waals surface area contributed by atoms with Gasteiger partial charge >= 0.3 is 6.18 Å². The molecule has 19 heavy (non-hydrogen) atoms. The van der Waals surface area contributed by atoms with Gasteiger partial charge in [0.1, 0.15) is 0 Å². The molecule has 2 rings (SSSR count). The zero-order valence-corrected chi connectivity index (χ0v) is 9.98. The average Bonchev–Trinajstić information content (AvgIpc) is 2.75. The van der Waals surface area contributed by atoms with Crippen LogP contribution in [0.15, 0.2) is 28.8 Å². The number of benzene rings is 1. The van der Waals surface area contributed by atoms with E-state index >= 15 is 0 Å². The Balaban J connectivity index is 2.20. The van der Waals surface area contributed by atoms with Gasteiger partial charge in [-0.05, 0) is 31.2 Å². The van der Waals surface area contributed by atoms with Crippen LogP contribution in [0.2, 0.25) is 0 Å². The number of aliphatic hydroxyl groups is 1. The van der Waals surface area contributed by atoms with Crippen molar-refractivity contribution in [3.05, 3.63) is 35.7 Å². The molecule has 102 valence electrons. The Morgan fingerprint density at radius 1 is 1.26 bits per heavy atom. The lowest BCUT2D eigenvalue weighted by Gasteiger charge is -2.05. The van der Waals surface area contributed by atoms with Gasteiger partial charge < -0.3 is 9.63 Å². The second kappa shape index (κ2) is 5.00. The molecular weight excluding hydrogens is 261 g/mol. The highest BCUT2D eigenvalue weighted by Crippen LogP contribution is 2.30. The third-order valence-electron chi connectivity index (χ3n) is 2.41. The van der Waals surface area contributed by atoms with E-state index in [-0.39, 0.29) is 12.3 Å². The topological polar surface area (TPSA) is 59.2 Å². The van der Waals surface area contributed by atoms with E-state index in [1.165, 1.54) is 12.1 Å². The molecule has 1 unspecified atom stereocenters. The number of halogens is 3. The minimum atomic E-state index is -4.37. The van der Waals surface area contributed by atoms with Crippen molar-refractivity contribution in [2.24, 2.45) is 0 Å². The molecule has 1 aromatic carbocycles. The number of aromatic nitrogens is 2. The van der Waals surface area contributed by atoms with Crippen LogP contribution < -0.4 is 0 Å². The highest BCUT2D eigenvalue weighted by molar-refractivity contribution is 5.53. The van der Waals surface area contributed by atoms with Gasteiger partial charge in [-0.2, -0.15) is 18.2 Å². The van der Waals surface area contributed by atoms with E-state index in [1.54, 1.807) is 6.92 Å². The van der Waals surface area contributed by atoms with Gasteiger partial charge in [0.15, 0.2) is 5.82 Å². The number of aliphatic hydroxyl groups excluding tert-OH is 1. The normalized spacial score (nSPS) is 13.5. The molecule has 0 fully saturated rings. The lowest BCUT2D eigenvalue weighted by Crippen LogP contribution is -2.05. The molecule has 0 saturated heterocycles. The summed E-state index contributed by atoms with van der Waals surface area (Å²) >= 11 is 0. The van der Waals surface area contributed by atoms with Crippen molar-refractivity contribution in [1.29, 1.82) is 0 Å². The lowest BCUT2D eigenvalue weighted by atomic mass is 10.1. The average molecular weight is 272 g/mol. The Hall–Kier alpha value is -1.89. The zero-order chi connectivity index (χ0) is 14.0. The maximum atomic E-state index is 12.4. The quantitative estimate of drug-likeness (QED) is 0.933. The summed E-state index contributed by atoms with van der Waals surface area (Å²) in [4.78, 5) is 3.99. The lowest BCUT2D eigenvalue weighted by molar-refractivity contribution is -0.137. The van der Waals surface area contributed by atoms with Gasteiger partial charge in [-0.15, -0.1) is 0 Å². The van der Waals surface area contributed by atoms with Gasteiger partial charge in [-0.3, -0.25) is 0 Å². The van der Waals surface area contributed by atoms with Crippen LogP contribution in [0.3, 0.4) is 0 Å². The standard InChI is InChI=1S/C12H11F3N2O2/c1-7(18)6-10-16-11(19-17-10)8-2-4-9(5-3-8)12(13,14)15/h2-5,7,18H,6H2,1H3. The van der Waals surface area contributed by atoms with Crippen molar-refractivity contribution < 1.29 is 22.8 Å². The van der Waals surface area contributed by atoms with Gasteiger partial charge in [0, 0.05) is 12.0 Å². The molecule has 7 heteroatoms. The number of hydrogen-bond acceptors (Lipinski definition) is 4. The molecule has 0 aliphatic carbocycles. The molecule has 2 aromatic rings. The maximum Gasteiger partial charge on any atom is 0.416 e. The number of rotatable bonds is 3. The minimum absolute atomic E-state index is 0.129. The van der Waals surface area contributed by atoms with Gasteiger partial charge in [0.2, 0.25) is 0 Å². The summed E-state index contributed by atoms with van der Waals surface area (Å²) in [6.45, 7) is 1.58. The Morgan fingerprint density at radius 3 is 2.42 bits per heavy atom. The fraction of sp³-hybridized carbons (Fsp3) is 0.333. The first-order chi connectivity index (χ1) is 8.86. The Labute approximate surface area is 106 Å². The fourth-order valence-electron chi connectivity index (χ4n) is 1.52. The Morgan fingerprint density at radius 2 is 1.89 bits per heavy atom. The van der Waals surface area contributed by atoms with E-state index in [0.29, 0.717) is 11.4 Å². The van der Waals surface area contributed by atoms with E-state index in [9.17, 15) is 13.2 Å². The molecule has 0 aliphatic heterocycles. The molecule has 1 aromatic heterocycles. The fourth-order valence-corrected chi connectivity index (χ4v) is 1.52. The van der Waals surface area contributed by atoms with Crippen LogP contribution in [0.5, 0.6) is 0 Å². The molecule has 4 nitrogen and oxygen atoms in total. The second-order valence-electron chi connectivity index (χ2n) is 4.14. The number of nitrogens with zero attached hydrogens (tertiary/aromatic N) is 2. The van der Waals surface area contributed by atoms with Crippen LogP contribution in [-0.4, -0.2) is 21.4 Å². The summed E-state index contributed by atoms with van der Waals surface area (Å²) in [6.07, 6.45) is -4.76. The first-order valence-electron chi connectivity index (χ1n) is 5.54. The maximum absolute atomic E-state index is 12.4. The molecule has 1 heterocycles. The van der Waals surface area contributed by atoms with Crippen LogP contribution in [0, 0.1) is 0 Å². The minimum Gasteiger partial charge on any atom is -0.393 e. The van der Waals surface area contributed by atoms with E-state index in [2.05, 4.69) is 10.1 Å². The zero-order valence-electron chi connectivity index (χ0n) is 9.98. The third-order valence-corrected chi connectivity index (χ3v) is 2.41. The summed E-state index contributed by atoms with van der Waals surface area (Å²) in [7, 11) is 0. The van der Waals surface area contributed by atoms with E-state index < -0.39 is 17.8 Å². The number of alkyl halides is 3. The summed E-state index contributed by atoms with van der Waals surface area (Å²) in [5.41, 5.74) is -0.336. The molecule has 0 bridgehead atoms. The van der Waals surface area contributed by atoms with Crippen molar-refractivity contribution in [2.75, 3.05) is 0 Å². The molecule has 0 aliphatic rings. The SMILES string of the molecule is CC(O)Cc1noc(-c2ccc(C(F)(F)F)cc2)n1. The molecule has 0 radical (unpaired) electrons. The van der Waals surface area contributed by atoms with E-state index in [1.807, 2.05) is 0 Å². The van der Waals surface area contributed by atoms with Crippen LogP contribution in [0.25, 0.3) is 11.5 Å². The Kier molecular flexibility index (Phi) is 3.57. The van der Waals surface area contributed by atoms with Crippen LogP contribution in [0.4, 0.5) is 13.2 Å². The van der Waals surface area contributed by atoms with Gasteiger partial charge in [-0.25, -0.2) is 0 Å². The van der Waals surface area contributed by atoms with Gasteiger partial charge in [-0.1, -0.05) is 5.16 Å². The predicted molar refractivity (Wildman–Crippen MR) is 60.1 cm³/mol. The molecule has 1 atom stereocenters. The van der Waals surface area contributed by atoms with Crippen molar-refractivity contribution >= 4 is 0 Å². The summed E-state index contributed by atoms with van der Waals surface area (Å²) in [5, 5.41) is 12.8. The largest absolute Gasteiger partial charge is 0.416 e. The Bertz CT molecular complexity index is 547. The van der Waals surface area contributed by atoms with Gasteiger partial charge in [0.25, 0.3) is 5.89 Å². The summed E-state index contributed by atoms with van der Waals surface area (Å²) in [6, 6.07) is 4.44. The molecule has 0 amide bonds. The monoisotopic (exact) mass is 272 g/mol. The molecular formula is C12H11F3N2O2. The highest BCUT2D eigenvalue weighted by Gasteiger charge is 2.30. The molecule has 0 spiro atoms. The van der Waals surface area contributed by atoms with Crippen molar-refractivity contribution in [1.82, 2.24) is 10.1 Å².